The van der Waals surface area contributed by atoms with Crippen molar-refractivity contribution in [2.45, 2.75) is 6.04 Å². The summed E-state index contributed by atoms with van der Waals surface area (Å²) >= 11 is 0. The van der Waals surface area contributed by atoms with Gasteiger partial charge < -0.3 is 14.8 Å². The highest BCUT2D eigenvalue weighted by atomic mass is 19.1. The molecule has 0 radical (unpaired) electrons. The Kier molecular flexibility index (Phi) is 1.88. The van der Waals surface area contributed by atoms with E-state index in [2.05, 4.69) is 5.32 Å². The molecule has 1 unspecified atom stereocenters. The molecule has 1 aliphatic heterocycles. The minimum absolute atomic E-state index is 0.250. The SMILES string of the molecule is O=CC1COc2cc(F)ccc2N1. The van der Waals surface area contributed by atoms with E-state index in [0.717, 1.165) is 6.29 Å². The predicted molar refractivity (Wildman–Crippen MR) is 45.4 cm³/mol. The van der Waals surface area contributed by atoms with E-state index in [0.29, 0.717) is 11.4 Å². The maximum Gasteiger partial charge on any atom is 0.145 e. The van der Waals surface area contributed by atoms with Crippen LogP contribution in [0.3, 0.4) is 0 Å². The molecule has 0 aromatic heterocycles. The first kappa shape index (κ1) is 8.04. The van der Waals surface area contributed by atoms with Gasteiger partial charge in [0.1, 0.15) is 30.5 Å². The van der Waals surface area contributed by atoms with Gasteiger partial charge in [0.25, 0.3) is 0 Å². The maximum atomic E-state index is 12.7. The van der Waals surface area contributed by atoms with Crippen LogP contribution in [0.2, 0.25) is 0 Å². The summed E-state index contributed by atoms with van der Waals surface area (Å²) in [5.41, 5.74) is 0.657. The highest BCUT2D eigenvalue weighted by Gasteiger charge is 2.17. The van der Waals surface area contributed by atoms with E-state index in [9.17, 15) is 9.18 Å². The summed E-state index contributed by atoms with van der Waals surface area (Å²) in [6.07, 6.45) is 0.770. The van der Waals surface area contributed by atoms with Crippen molar-refractivity contribution in [3.8, 4) is 5.75 Å². The fourth-order valence-electron chi connectivity index (χ4n) is 1.23. The van der Waals surface area contributed by atoms with Crippen LogP contribution in [0.1, 0.15) is 0 Å². The highest BCUT2D eigenvalue weighted by molar-refractivity contribution is 5.69. The molecule has 1 atom stereocenters. The summed E-state index contributed by atoms with van der Waals surface area (Å²) in [4.78, 5) is 10.4. The fourth-order valence-corrected chi connectivity index (χ4v) is 1.23. The van der Waals surface area contributed by atoms with Crippen LogP contribution in [0.5, 0.6) is 5.75 Å². The lowest BCUT2D eigenvalue weighted by Crippen LogP contribution is -2.32. The number of ether oxygens (including phenoxy) is 1. The van der Waals surface area contributed by atoms with Crippen molar-refractivity contribution < 1.29 is 13.9 Å². The lowest BCUT2D eigenvalue weighted by molar-refractivity contribution is -0.109. The molecule has 1 aromatic rings. The molecule has 2 rings (SSSR count). The van der Waals surface area contributed by atoms with Gasteiger partial charge in [-0.05, 0) is 12.1 Å². The summed E-state index contributed by atoms with van der Waals surface area (Å²) in [7, 11) is 0. The molecule has 1 heterocycles. The number of rotatable bonds is 1. The smallest absolute Gasteiger partial charge is 0.145 e. The van der Waals surface area contributed by atoms with Crippen LogP contribution >= 0.6 is 0 Å². The lowest BCUT2D eigenvalue weighted by atomic mass is 10.2. The molecule has 0 saturated carbocycles. The molecular weight excluding hydrogens is 173 g/mol. The molecule has 1 aliphatic rings. The first-order valence-electron chi connectivity index (χ1n) is 3.94. The van der Waals surface area contributed by atoms with Crippen LogP contribution in [0.15, 0.2) is 18.2 Å². The third-order valence-corrected chi connectivity index (χ3v) is 1.87. The highest BCUT2D eigenvalue weighted by Crippen LogP contribution is 2.28. The summed E-state index contributed by atoms with van der Waals surface area (Å²) in [5, 5.41) is 2.91. The maximum absolute atomic E-state index is 12.7. The van der Waals surface area contributed by atoms with Gasteiger partial charge >= 0.3 is 0 Å². The van der Waals surface area contributed by atoms with Gasteiger partial charge in [-0.2, -0.15) is 0 Å². The van der Waals surface area contributed by atoms with E-state index in [-0.39, 0.29) is 18.5 Å². The Morgan fingerprint density at radius 3 is 3.23 bits per heavy atom. The summed E-state index contributed by atoms with van der Waals surface area (Å²) in [5.74, 6) is 0.114. The zero-order valence-electron chi connectivity index (χ0n) is 6.79. The minimum atomic E-state index is -0.342. The molecule has 0 saturated heterocycles. The predicted octanol–water partition coefficient (Wildman–Crippen LogP) is 1.20. The summed E-state index contributed by atoms with van der Waals surface area (Å²) in [6.45, 7) is 0.250. The van der Waals surface area contributed by atoms with Crippen LogP contribution in [0.4, 0.5) is 10.1 Å². The first-order valence-corrected chi connectivity index (χ1v) is 3.94. The van der Waals surface area contributed by atoms with Crippen LogP contribution in [-0.4, -0.2) is 18.9 Å². The van der Waals surface area contributed by atoms with Gasteiger partial charge in [0.15, 0.2) is 0 Å². The third kappa shape index (κ3) is 1.47. The molecule has 0 amide bonds. The third-order valence-electron chi connectivity index (χ3n) is 1.87. The first-order chi connectivity index (χ1) is 6.29. The van der Waals surface area contributed by atoms with Crippen molar-refractivity contribution >= 4 is 12.0 Å². The van der Waals surface area contributed by atoms with Crippen molar-refractivity contribution in [3.05, 3.63) is 24.0 Å². The van der Waals surface area contributed by atoms with E-state index >= 15 is 0 Å². The van der Waals surface area contributed by atoms with E-state index in [1.54, 1.807) is 6.07 Å². The second-order valence-corrected chi connectivity index (χ2v) is 2.84. The fraction of sp³-hybridized carbons (Fsp3) is 0.222. The van der Waals surface area contributed by atoms with Crippen LogP contribution in [0.25, 0.3) is 0 Å². The van der Waals surface area contributed by atoms with Crippen molar-refractivity contribution in [3.63, 3.8) is 0 Å². The molecule has 1 aromatic carbocycles. The molecular formula is C9H8FNO2. The number of aldehydes is 1. The second kappa shape index (κ2) is 3.05. The van der Waals surface area contributed by atoms with Crippen molar-refractivity contribution in [2.75, 3.05) is 11.9 Å². The number of halogens is 1. The number of hydrogen-bond acceptors (Lipinski definition) is 3. The van der Waals surface area contributed by atoms with E-state index in [1.807, 2.05) is 0 Å². The van der Waals surface area contributed by atoms with Gasteiger partial charge in [0.2, 0.25) is 0 Å². The minimum Gasteiger partial charge on any atom is -0.489 e. The van der Waals surface area contributed by atoms with Crippen molar-refractivity contribution in [1.82, 2.24) is 0 Å². The Hall–Kier alpha value is -1.58. The monoisotopic (exact) mass is 181 g/mol. The van der Waals surface area contributed by atoms with Gasteiger partial charge in [-0.1, -0.05) is 0 Å². The Morgan fingerprint density at radius 1 is 1.62 bits per heavy atom. The zero-order valence-corrected chi connectivity index (χ0v) is 6.79. The Balaban J connectivity index is 2.31. The number of nitrogens with one attached hydrogen (secondary N) is 1. The number of carbonyl (C=O) groups excluding carboxylic acids is 1. The summed E-state index contributed by atoms with van der Waals surface area (Å²) < 4.78 is 17.9. The Bertz CT molecular complexity index is 340. The number of anilines is 1. The van der Waals surface area contributed by atoms with Gasteiger partial charge in [-0.15, -0.1) is 0 Å². The second-order valence-electron chi connectivity index (χ2n) is 2.84. The molecule has 0 aliphatic carbocycles. The molecule has 0 spiro atoms. The van der Waals surface area contributed by atoms with Crippen molar-refractivity contribution in [1.29, 1.82) is 0 Å². The van der Waals surface area contributed by atoms with Crippen LogP contribution < -0.4 is 10.1 Å². The van der Waals surface area contributed by atoms with Crippen LogP contribution in [0, 0.1) is 5.82 Å². The van der Waals surface area contributed by atoms with Crippen LogP contribution in [-0.2, 0) is 4.79 Å². The average molecular weight is 181 g/mol. The molecule has 3 nitrogen and oxygen atoms in total. The molecule has 0 fully saturated rings. The molecule has 68 valence electrons. The largest absolute Gasteiger partial charge is 0.489 e. The van der Waals surface area contributed by atoms with Gasteiger partial charge in [0, 0.05) is 6.07 Å². The standard InChI is InChI=1S/C9H8FNO2/c10-6-1-2-8-9(3-6)13-5-7(4-12)11-8/h1-4,7,11H,5H2. The van der Waals surface area contributed by atoms with Gasteiger partial charge in [-0.25, -0.2) is 4.39 Å². The van der Waals surface area contributed by atoms with E-state index in [1.165, 1.54) is 12.1 Å². The number of benzene rings is 1. The summed E-state index contributed by atoms with van der Waals surface area (Å²) in [6, 6.07) is 3.84. The molecule has 13 heavy (non-hydrogen) atoms. The number of hydrogen-bond donors (Lipinski definition) is 1. The van der Waals surface area contributed by atoms with Crippen molar-refractivity contribution in [2.24, 2.45) is 0 Å². The number of fused-ring (bicyclic) bond motifs is 1. The Labute approximate surface area is 74.5 Å². The molecule has 0 bridgehead atoms. The molecule has 4 heteroatoms. The topological polar surface area (TPSA) is 38.3 Å². The molecule has 1 N–H and O–H groups in total. The average Bonchev–Trinajstić information content (AvgIpc) is 2.17. The van der Waals surface area contributed by atoms with Gasteiger partial charge in [0.05, 0.1) is 5.69 Å². The Morgan fingerprint density at radius 2 is 2.46 bits per heavy atom. The van der Waals surface area contributed by atoms with Gasteiger partial charge in [-0.3, -0.25) is 0 Å². The van der Waals surface area contributed by atoms with E-state index in [4.69, 9.17) is 4.74 Å². The van der Waals surface area contributed by atoms with E-state index < -0.39 is 0 Å². The zero-order chi connectivity index (χ0) is 9.26. The lowest BCUT2D eigenvalue weighted by Gasteiger charge is -2.23. The normalized spacial score (nSPS) is 19.6. The quantitative estimate of drug-likeness (QED) is 0.661. The number of carbonyl (C=O) groups is 1.